The van der Waals surface area contributed by atoms with Crippen LogP contribution in [0.15, 0.2) is 152 Å². The zero-order valence-corrected chi connectivity index (χ0v) is 33.8. The smallest absolute Gasteiger partial charge is 0.138 e. The molecule has 56 heavy (non-hydrogen) atoms. The van der Waals surface area contributed by atoms with Crippen LogP contribution in [0.25, 0.3) is 44.8 Å². The number of aryl methyl sites for hydroxylation is 4. The molecule has 0 fully saturated rings. The molecule has 5 nitrogen and oxygen atoms in total. The molecule has 0 spiro atoms. The second-order valence-corrected chi connectivity index (χ2v) is 14.0. The van der Waals surface area contributed by atoms with Gasteiger partial charge in [0.1, 0.15) is 11.5 Å². The van der Waals surface area contributed by atoms with Gasteiger partial charge in [-0.1, -0.05) is 103 Å². The van der Waals surface area contributed by atoms with Gasteiger partial charge in [-0.2, -0.15) is 0 Å². The summed E-state index contributed by atoms with van der Waals surface area (Å²) in [7, 11) is 0. The van der Waals surface area contributed by atoms with Gasteiger partial charge >= 0.3 is 0 Å². The maximum Gasteiger partial charge on any atom is 0.138 e. The van der Waals surface area contributed by atoms with Crippen LogP contribution in [0.1, 0.15) is 22.3 Å². The van der Waals surface area contributed by atoms with Crippen molar-refractivity contribution < 1.29 is 29.6 Å². The van der Waals surface area contributed by atoms with Gasteiger partial charge in [0.2, 0.25) is 0 Å². The standard InChI is InChI=1S/C29H17N2O2.C21H20N.Ir/c1-2-8-19(9-3-1)20-16-17-30-22(18-20)21-14-15-27-28-29(21)33-26-13-7-5-11-24(26)31(28)23-10-4-6-12-25(23)32-27;1-14-5-8-18(9-6-14)21-12-20(17(4)13-22-21)19-10-7-15(2)11-16(19)3;/h1-13,15-18H;5-8,10-13H,1-4H3;/q2*-1;. The number of pyridine rings is 2. The predicted molar refractivity (Wildman–Crippen MR) is 222 cm³/mol. The first-order valence-corrected chi connectivity index (χ1v) is 18.4. The van der Waals surface area contributed by atoms with Crippen LogP contribution in [0, 0.1) is 39.8 Å². The van der Waals surface area contributed by atoms with Crippen LogP contribution < -0.4 is 14.4 Å². The SMILES string of the molecule is Cc1c[c-]c(-c2cc(-c3ccc(C)cc3C)c(C)cn2)cc1.[Ir].[c-]1cc2c3c(c1-c1cc(-c4ccccc4)ccn1)Oc1ccccc1N3c1ccccc1O2. The Morgan fingerprint density at radius 3 is 1.98 bits per heavy atom. The van der Waals surface area contributed by atoms with Crippen LogP contribution in [0.3, 0.4) is 0 Å². The minimum Gasteiger partial charge on any atom is -0.497 e. The Bertz CT molecular complexity index is 2700. The van der Waals surface area contributed by atoms with Gasteiger partial charge in [0.05, 0.1) is 22.9 Å². The first kappa shape index (κ1) is 36.6. The van der Waals surface area contributed by atoms with Gasteiger partial charge in [-0.3, -0.25) is 0 Å². The second kappa shape index (κ2) is 15.4. The van der Waals surface area contributed by atoms with Crippen molar-refractivity contribution in [2.75, 3.05) is 4.90 Å². The van der Waals surface area contributed by atoms with E-state index in [9.17, 15) is 0 Å². The zero-order chi connectivity index (χ0) is 37.5. The van der Waals surface area contributed by atoms with Gasteiger partial charge in [0, 0.05) is 38.2 Å². The van der Waals surface area contributed by atoms with E-state index in [1.165, 1.54) is 33.4 Å². The number of ether oxygens (including phenoxy) is 2. The Balaban J connectivity index is 0.000000168. The van der Waals surface area contributed by atoms with E-state index in [4.69, 9.17) is 9.47 Å². The molecule has 275 valence electrons. The molecular weight excluding hydrogens is 867 g/mol. The Morgan fingerprint density at radius 1 is 0.536 bits per heavy atom. The average molecular weight is 904 g/mol. The van der Waals surface area contributed by atoms with Crippen molar-refractivity contribution in [2.45, 2.75) is 27.7 Å². The summed E-state index contributed by atoms with van der Waals surface area (Å²) >= 11 is 0. The van der Waals surface area contributed by atoms with Crippen LogP contribution >= 0.6 is 0 Å². The van der Waals surface area contributed by atoms with Crippen molar-refractivity contribution in [1.29, 1.82) is 0 Å². The fourth-order valence-corrected chi connectivity index (χ4v) is 7.25. The Hall–Kier alpha value is -6.33. The number of hydrogen-bond acceptors (Lipinski definition) is 5. The quantitative estimate of drug-likeness (QED) is 0.165. The van der Waals surface area contributed by atoms with Crippen LogP contribution in [0.2, 0.25) is 0 Å². The number of para-hydroxylation sites is 4. The topological polar surface area (TPSA) is 47.5 Å². The van der Waals surface area contributed by atoms with Crippen LogP contribution in [0.5, 0.6) is 23.0 Å². The van der Waals surface area contributed by atoms with E-state index in [-0.39, 0.29) is 20.1 Å². The molecule has 0 saturated heterocycles. The third-order valence-electron chi connectivity index (χ3n) is 10.0. The number of anilines is 3. The fraction of sp³-hybridized carbons (Fsp3) is 0.0800. The first-order valence-electron chi connectivity index (χ1n) is 18.4. The van der Waals surface area contributed by atoms with Gasteiger partial charge in [0.15, 0.2) is 0 Å². The molecule has 0 atom stereocenters. The Kier molecular flexibility index (Phi) is 10.1. The number of rotatable bonds is 4. The van der Waals surface area contributed by atoms with Crippen molar-refractivity contribution in [1.82, 2.24) is 9.97 Å². The number of hydrogen-bond donors (Lipinski definition) is 0. The van der Waals surface area contributed by atoms with Crippen LogP contribution in [-0.4, -0.2) is 9.97 Å². The Morgan fingerprint density at radius 2 is 1.25 bits per heavy atom. The third kappa shape index (κ3) is 6.90. The van der Waals surface area contributed by atoms with Gasteiger partial charge in [-0.25, -0.2) is 0 Å². The molecule has 0 aliphatic carbocycles. The van der Waals surface area contributed by atoms with E-state index in [1.807, 2.05) is 85.2 Å². The molecule has 10 rings (SSSR count). The summed E-state index contributed by atoms with van der Waals surface area (Å²) in [5.41, 5.74) is 16.2. The predicted octanol–water partition coefficient (Wildman–Crippen LogP) is 13.3. The van der Waals surface area contributed by atoms with E-state index in [0.717, 1.165) is 62.2 Å². The third-order valence-corrected chi connectivity index (χ3v) is 10.0. The monoisotopic (exact) mass is 904 g/mol. The number of nitrogens with zero attached hydrogens (tertiary/aromatic N) is 3. The van der Waals surface area contributed by atoms with Crippen LogP contribution in [0.4, 0.5) is 17.1 Å². The molecule has 4 heterocycles. The molecule has 2 aliphatic rings. The number of aromatic nitrogens is 2. The van der Waals surface area contributed by atoms with Gasteiger partial charge in [-0.15, -0.1) is 47.5 Å². The van der Waals surface area contributed by atoms with Crippen molar-refractivity contribution >= 4 is 17.1 Å². The van der Waals surface area contributed by atoms with E-state index in [2.05, 4.69) is 121 Å². The summed E-state index contributed by atoms with van der Waals surface area (Å²) in [4.78, 5) is 11.5. The maximum absolute atomic E-state index is 6.48. The molecule has 2 aromatic heterocycles. The summed E-state index contributed by atoms with van der Waals surface area (Å²) in [6, 6.07) is 54.0. The van der Waals surface area contributed by atoms with Crippen molar-refractivity contribution in [3.63, 3.8) is 0 Å². The van der Waals surface area contributed by atoms with Gasteiger partial charge in [-0.05, 0) is 95.9 Å². The van der Waals surface area contributed by atoms with E-state index in [1.54, 1.807) is 0 Å². The molecule has 0 unspecified atom stereocenters. The second-order valence-electron chi connectivity index (χ2n) is 14.0. The van der Waals surface area contributed by atoms with E-state index < -0.39 is 0 Å². The van der Waals surface area contributed by atoms with E-state index >= 15 is 0 Å². The fourth-order valence-electron chi connectivity index (χ4n) is 7.25. The summed E-state index contributed by atoms with van der Waals surface area (Å²) in [6.07, 6.45) is 3.79. The molecule has 0 bridgehead atoms. The molecule has 1 radical (unpaired) electrons. The van der Waals surface area contributed by atoms with Crippen molar-refractivity contribution in [2.24, 2.45) is 0 Å². The van der Waals surface area contributed by atoms with Gasteiger partial charge < -0.3 is 24.3 Å². The summed E-state index contributed by atoms with van der Waals surface area (Å²) in [5.74, 6) is 2.99. The molecule has 0 N–H and O–H groups in total. The number of fused-ring (bicyclic) bond motifs is 4. The first-order chi connectivity index (χ1) is 26.9. The zero-order valence-electron chi connectivity index (χ0n) is 31.4. The molecule has 0 amide bonds. The average Bonchev–Trinajstić information content (AvgIpc) is 3.22. The summed E-state index contributed by atoms with van der Waals surface area (Å²) in [6.45, 7) is 8.48. The molecular formula is C50H37IrN3O2-2. The normalized spacial score (nSPS) is 11.7. The maximum atomic E-state index is 6.48. The molecule has 0 saturated carbocycles. The molecule has 6 aromatic carbocycles. The Labute approximate surface area is 341 Å². The minimum atomic E-state index is 0. The molecule has 2 aliphatic heterocycles. The van der Waals surface area contributed by atoms with Gasteiger partial charge in [0.25, 0.3) is 0 Å². The molecule has 6 heteroatoms. The molecule has 8 aromatic rings. The number of benzene rings is 6. The minimum absolute atomic E-state index is 0. The van der Waals surface area contributed by atoms with E-state index in [0.29, 0.717) is 11.5 Å². The van der Waals surface area contributed by atoms with Crippen molar-refractivity contribution in [3.8, 4) is 67.8 Å². The summed E-state index contributed by atoms with van der Waals surface area (Å²) in [5, 5.41) is 0. The van der Waals surface area contributed by atoms with Crippen LogP contribution in [-0.2, 0) is 20.1 Å². The summed E-state index contributed by atoms with van der Waals surface area (Å²) < 4.78 is 12.7. The largest absolute Gasteiger partial charge is 0.497 e. The van der Waals surface area contributed by atoms with Crippen molar-refractivity contribution in [3.05, 3.63) is 186 Å².